The summed E-state index contributed by atoms with van der Waals surface area (Å²) < 4.78 is 5.49. The molecule has 4 nitrogen and oxygen atoms in total. The van der Waals surface area contributed by atoms with Crippen LogP contribution in [0.25, 0.3) is 0 Å². The number of nitrogens with zero attached hydrogens (tertiary/aromatic N) is 1. The topological polar surface area (TPSA) is 46.6 Å². The zero-order chi connectivity index (χ0) is 15.2. The Morgan fingerprint density at radius 2 is 2.19 bits per heavy atom. The Balaban J connectivity index is 1.92. The van der Waals surface area contributed by atoms with E-state index in [1.807, 2.05) is 0 Å². The lowest BCUT2D eigenvalue weighted by Crippen LogP contribution is -2.46. The first-order valence-electron chi connectivity index (χ1n) is 7.23. The minimum atomic E-state index is -0.0686. The summed E-state index contributed by atoms with van der Waals surface area (Å²) in [5, 5.41) is 0.576. The molecule has 1 atom stereocenters. The Bertz CT molecular complexity index is 518. The van der Waals surface area contributed by atoms with Gasteiger partial charge in [-0.05, 0) is 44.4 Å². The molecule has 1 aliphatic heterocycles. The number of rotatable bonds is 5. The SMILES string of the molecule is CC(=O)CC1CCCCN1C(=O)COc1cccc(Cl)c1. The molecular weight excluding hydrogens is 290 g/mol. The van der Waals surface area contributed by atoms with Crippen LogP contribution in [0, 0.1) is 0 Å². The molecule has 5 heteroatoms. The van der Waals surface area contributed by atoms with Gasteiger partial charge in [0.25, 0.3) is 5.91 Å². The molecule has 1 aliphatic rings. The van der Waals surface area contributed by atoms with E-state index in [1.165, 1.54) is 0 Å². The molecule has 1 fully saturated rings. The van der Waals surface area contributed by atoms with Crippen LogP contribution in [0.15, 0.2) is 24.3 Å². The van der Waals surface area contributed by atoms with Crippen molar-refractivity contribution in [3.05, 3.63) is 29.3 Å². The number of carbonyl (C=O) groups is 2. The average molecular weight is 310 g/mol. The fraction of sp³-hybridized carbons (Fsp3) is 0.500. The first-order valence-corrected chi connectivity index (χ1v) is 7.61. The Kier molecular flexibility index (Phi) is 5.62. The van der Waals surface area contributed by atoms with Gasteiger partial charge in [-0.15, -0.1) is 0 Å². The Labute approximate surface area is 130 Å². The zero-order valence-electron chi connectivity index (χ0n) is 12.2. The number of hydrogen-bond donors (Lipinski definition) is 0. The molecule has 1 unspecified atom stereocenters. The number of likely N-dealkylation sites (tertiary alicyclic amines) is 1. The molecule has 1 saturated heterocycles. The van der Waals surface area contributed by atoms with E-state index in [1.54, 1.807) is 36.1 Å². The quantitative estimate of drug-likeness (QED) is 0.839. The second-order valence-electron chi connectivity index (χ2n) is 5.39. The predicted molar refractivity (Wildman–Crippen MR) is 81.6 cm³/mol. The maximum absolute atomic E-state index is 12.3. The van der Waals surface area contributed by atoms with Crippen molar-refractivity contribution in [1.29, 1.82) is 0 Å². The average Bonchev–Trinajstić information content (AvgIpc) is 2.45. The summed E-state index contributed by atoms with van der Waals surface area (Å²) in [6.07, 6.45) is 3.37. The van der Waals surface area contributed by atoms with Crippen molar-refractivity contribution in [2.75, 3.05) is 13.2 Å². The largest absolute Gasteiger partial charge is 0.484 e. The smallest absolute Gasteiger partial charge is 0.260 e. The van der Waals surface area contributed by atoms with Gasteiger partial charge in [-0.3, -0.25) is 9.59 Å². The number of ketones is 1. The molecule has 1 amide bonds. The second-order valence-corrected chi connectivity index (χ2v) is 5.83. The molecule has 21 heavy (non-hydrogen) atoms. The Morgan fingerprint density at radius 1 is 1.38 bits per heavy atom. The molecule has 1 aromatic carbocycles. The van der Waals surface area contributed by atoms with Crippen LogP contribution in [0.4, 0.5) is 0 Å². The van der Waals surface area contributed by atoms with Gasteiger partial charge in [0.2, 0.25) is 0 Å². The molecular formula is C16H20ClNO3. The van der Waals surface area contributed by atoms with E-state index in [-0.39, 0.29) is 24.3 Å². The summed E-state index contributed by atoms with van der Waals surface area (Å²) in [6.45, 7) is 2.25. The predicted octanol–water partition coefficient (Wildman–Crippen LogP) is 3.08. The third-order valence-electron chi connectivity index (χ3n) is 3.63. The van der Waals surface area contributed by atoms with Crippen molar-refractivity contribution < 1.29 is 14.3 Å². The van der Waals surface area contributed by atoms with Crippen molar-refractivity contribution in [3.8, 4) is 5.75 Å². The van der Waals surface area contributed by atoms with Crippen LogP contribution in [0.5, 0.6) is 5.75 Å². The fourth-order valence-electron chi connectivity index (χ4n) is 2.66. The van der Waals surface area contributed by atoms with Crippen LogP contribution in [0.1, 0.15) is 32.6 Å². The number of Topliss-reactive ketones (excluding diaryl/α,β-unsaturated/α-hetero) is 1. The summed E-state index contributed by atoms with van der Waals surface area (Å²) in [5.41, 5.74) is 0. The van der Waals surface area contributed by atoms with Crippen molar-refractivity contribution in [1.82, 2.24) is 4.90 Å². The maximum atomic E-state index is 12.3. The highest BCUT2D eigenvalue weighted by Crippen LogP contribution is 2.21. The normalized spacial score (nSPS) is 18.4. The fourth-order valence-corrected chi connectivity index (χ4v) is 2.84. The van der Waals surface area contributed by atoms with Crippen molar-refractivity contribution >= 4 is 23.3 Å². The van der Waals surface area contributed by atoms with Gasteiger partial charge in [0.1, 0.15) is 11.5 Å². The summed E-state index contributed by atoms with van der Waals surface area (Å²) in [7, 11) is 0. The molecule has 0 aromatic heterocycles. The van der Waals surface area contributed by atoms with Crippen LogP contribution >= 0.6 is 11.6 Å². The van der Waals surface area contributed by atoms with Crippen LogP contribution < -0.4 is 4.74 Å². The maximum Gasteiger partial charge on any atom is 0.260 e. The van der Waals surface area contributed by atoms with Crippen molar-refractivity contribution in [3.63, 3.8) is 0 Å². The lowest BCUT2D eigenvalue weighted by Gasteiger charge is -2.35. The minimum absolute atomic E-state index is 0.0191. The Hall–Kier alpha value is -1.55. The van der Waals surface area contributed by atoms with E-state index >= 15 is 0 Å². The molecule has 0 radical (unpaired) electrons. The third kappa shape index (κ3) is 4.74. The van der Waals surface area contributed by atoms with E-state index < -0.39 is 0 Å². The molecule has 0 spiro atoms. The van der Waals surface area contributed by atoms with E-state index in [9.17, 15) is 9.59 Å². The first kappa shape index (κ1) is 15.8. The van der Waals surface area contributed by atoms with E-state index in [4.69, 9.17) is 16.3 Å². The first-order chi connectivity index (χ1) is 10.1. The molecule has 1 aromatic rings. The highest BCUT2D eigenvalue weighted by molar-refractivity contribution is 6.30. The number of hydrogen-bond acceptors (Lipinski definition) is 3. The molecule has 0 aliphatic carbocycles. The Morgan fingerprint density at radius 3 is 2.90 bits per heavy atom. The molecule has 0 saturated carbocycles. The molecule has 114 valence electrons. The van der Waals surface area contributed by atoms with E-state index in [0.717, 1.165) is 19.3 Å². The third-order valence-corrected chi connectivity index (χ3v) is 3.86. The summed E-state index contributed by atoms with van der Waals surface area (Å²) in [6, 6.07) is 7.00. The van der Waals surface area contributed by atoms with Crippen LogP contribution in [-0.4, -0.2) is 35.8 Å². The summed E-state index contributed by atoms with van der Waals surface area (Å²) >= 11 is 5.88. The lowest BCUT2D eigenvalue weighted by atomic mass is 9.98. The van der Waals surface area contributed by atoms with Gasteiger partial charge in [0.05, 0.1) is 0 Å². The summed E-state index contributed by atoms with van der Waals surface area (Å²) in [5.74, 6) is 0.632. The second kappa shape index (κ2) is 7.46. The van der Waals surface area contributed by atoms with Gasteiger partial charge in [-0.25, -0.2) is 0 Å². The minimum Gasteiger partial charge on any atom is -0.484 e. The molecule has 1 heterocycles. The van der Waals surface area contributed by atoms with E-state index in [0.29, 0.717) is 23.7 Å². The molecule has 0 N–H and O–H groups in total. The standard InChI is InChI=1S/C16H20ClNO3/c1-12(19)9-14-6-2-3-8-18(14)16(20)11-21-15-7-4-5-13(17)10-15/h4-5,7,10,14H,2-3,6,8-9,11H2,1H3. The number of ether oxygens (including phenoxy) is 1. The van der Waals surface area contributed by atoms with Gasteiger partial charge in [-0.1, -0.05) is 17.7 Å². The van der Waals surface area contributed by atoms with Gasteiger partial charge < -0.3 is 9.64 Å². The van der Waals surface area contributed by atoms with Gasteiger partial charge in [-0.2, -0.15) is 0 Å². The zero-order valence-corrected chi connectivity index (χ0v) is 12.9. The highest BCUT2D eigenvalue weighted by Gasteiger charge is 2.27. The van der Waals surface area contributed by atoms with Crippen molar-refractivity contribution in [2.45, 2.75) is 38.6 Å². The van der Waals surface area contributed by atoms with Crippen LogP contribution in [0.3, 0.4) is 0 Å². The van der Waals surface area contributed by atoms with E-state index in [2.05, 4.69) is 0 Å². The number of carbonyl (C=O) groups excluding carboxylic acids is 2. The highest BCUT2D eigenvalue weighted by atomic mass is 35.5. The van der Waals surface area contributed by atoms with Gasteiger partial charge in [0, 0.05) is 24.0 Å². The number of halogens is 1. The number of piperidine rings is 1. The lowest BCUT2D eigenvalue weighted by molar-refractivity contribution is -0.137. The van der Waals surface area contributed by atoms with Gasteiger partial charge >= 0.3 is 0 Å². The number of benzene rings is 1. The van der Waals surface area contributed by atoms with Crippen LogP contribution in [-0.2, 0) is 9.59 Å². The summed E-state index contributed by atoms with van der Waals surface area (Å²) in [4.78, 5) is 25.4. The van der Waals surface area contributed by atoms with Crippen LogP contribution in [0.2, 0.25) is 5.02 Å². The monoisotopic (exact) mass is 309 g/mol. The van der Waals surface area contributed by atoms with Gasteiger partial charge in [0.15, 0.2) is 6.61 Å². The molecule has 0 bridgehead atoms. The number of amides is 1. The molecule has 2 rings (SSSR count). The van der Waals surface area contributed by atoms with Crippen molar-refractivity contribution in [2.24, 2.45) is 0 Å².